The minimum atomic E-state index is -0.121. The quantitative estimate of drug-likeness (QED) is 0.563. The third kappa shape index (κ3) is 4.04. The van der Waals surface area contributed by atoms with Gasteiger partial charge in [-0.25, -0.2) is 4.98 Å². The van der Waals surface area contributed by atoms with Crippen molar-refractivity contribution in [2.45, 2.75) is 18.3 Å². The molecule has 1 atom stereocenters. The van der Waals surface area contributed by atoms with Crippen LogP contribution in [0.4, 0.5) is 0 Å². The van der Waals surface area contributed by atoms with Gasteiger partial charge >= 0.3 is 0 Å². The molecule has 0 bridgehead atoms. The van der Waals surface area contributed by atoms with Crippen LogP contribution in [0.2, 0.25) is 0 Å². The second-order valence-corrected chi connectivity index (χ2v) is 8.81. The van der Waals surface area contributed by atoms with Crippen molar-refractivity contribution < 1.29 is 9.53 Å². The Kier molecular flexibility index (Phi) is 5.91. The Morgan fingerprint density at radius 3 is 2.97 bits per heavy atom. The minimum Gasteiger partial charge on any atom is -0.496 e. The lowest BCUT2D eigenvalue weighted by Crippen LogP contribution is -2.32. The number of carbonyl (C=O) groups is 1. The number of benzene rings is 2. The summed E-state index contributed by atoms with van der Waals surface area (Å²) in [4.78, 5) is 31.8. The van der Waals surface area contributed by atoms with Crippen molar-refractivity contribution in [1.82, 2.24) is 14.5 Å². The largest absolute Gasteiger partial charge is 0.496 e. The molecule has 2 aromatic carbocycles. The van der Waals surface area contributed by atoms with Crippen molar-refractivity contribution in [3.8, 4) is 5.75 Å². The zero-order valence-electron chi connectivity index (χ0n) is 15.9. The normalized spacial score (nSPS) is 16.3. The summed E-state index contributed by atoms with van der Waals surface area (Å²) in [5.41, 5.74) is 1.52. The van der Waals surface area contributed by atoms with Crippen LogP contribution in [0.15, 0.2) is 58.1 Å². The van der Waals surface area contributed by atoms with Gasteiger partial charge in [0.25, 0.3) is 5.56 Å². The van der Waals surface area contributed by atoms with E-state index in [0.717, 1.165) is 21.5 Å². The standard InChI is InChI=1S/C21H20BrN3O3S/c1-28-18-7-6-14(22)12-16(18)21-25(10-11-29-21)19(26)8-9-24-13-23-17-5-3-2-4-15(17)20(24)27/h2-7,12-13,21H,8-11H2,1H3. The summed E-state index contributed by atoms with van der Waals surface area (Å²) in [5, 5.41) is 0.470. The number of rotatable bonds is 5. The van der Waals surface area contributed by atoms with E-state index in [-0.39, 0.29) is 23.3 Å². The number of fused-ring (bicyclic) bond motifs is 1. The van der Waals surface area contributed by atoms with Crippen LogP contribution in [0.1, 0.15) is 17.4 Å². The lowest BCUT2D eigenvalue weighted by molar-refractivity contribution is -0.131. The van der Waals surface area contributed by atoms with Crippen LogP contribution in [-0.4, -0.2) is 39.8 Å². The zero-order chi connectivity index (χ0) is 20.4. The highest BCUT2D eigenvalue weighted by molar-refractivity contribution is 9.10. The van der Waals surface area contributed by atoms with E-state index in [0.29, 0.717) is 24.0 Å². The monoisotopic (exact) mass is 473 g/mol. The summed E-state index contributed by atoms with van der Waals surface area (Å²) in [5.74, 6) is 1.64. The van der Waals surface area contributed by atoms with Gasteiger partial charge in [-0.1, -0.05) is 28.1 Å². The van der Waals surface area contributed by atoms with Gasteiger partial charge in [0.15, 0.2) is 0 Å². The number of hydrogen-bond acceptors (Lipinski definition) is 5. The van der Waals surface area contributed by atoms with Crippen LogP contribution in [-0.2, 0) is 11.3 Å². The molecule has 1 aromatic heterocycles. The summed E-state index contributed by atoms with van der Waals surface area (Å²) in [7, 11) is 1.64. The van der Waals surface area contributed by atoms with Crippen LogP contribution >= 0.6 is 27.7 Å². The number of nitrogens with zero attached hydrogens (tertiary/aromatic N) is 3. The average Bonchev–Trinajstić information content (AvgIpc) is 3.23. The predicted molar refractivity (Wildman–Crippen MR) is 118 cm³/mol. The first kappa shape index (κ1) is 20.0. The van der Waals surface area contributed by atoms with Gasteiger partial charge in [0.2, 0.25) is 5.91 Å². The smallest absolute Gasteiger partial charge is 0.261 e. The van der Waals surface area contributed by atoms with Gasteiger partial charge in [0, 0.05) is 35.3 Å². The summed E-state index contributed by atoms with van der Waals surface area (Å²) >= 11 is 5.23. The van der Waals surface area contributed by atoms with Crippen molar-refractivity contribution in [1.29, 1.82) is 0 Å². The van der Waals surface area contributed by atoms with E-state index in [1.807, 2.05) is 41.3 Å². The van der Waals surface area contributed by atoms with Gasteiger partial charge in [-0.05, 0) is 30.3 Å². The third-order valence-corrected chi connectivity index (χ3v) is 6.70. The molecule has 1 unspecified atom stereocenters. The van der Waals surface area contributed by atoms with E-state index < -0.39 is 0 Å². The molecule has 1 aliphatic rings. The Morgan fingerprint density at radius 2 is 2.14 bits per heavy atom. The topological polar surface area (TPSA) is 64.4 Å². The lowest BCUT2D eigenvalue weighted by Gasteiger charge is -2.25. The Hall–Kier alpha value is -2.32. The van der Waals surface area contributed by atoms with Gasteiger partial charge < -0.3 is 9.64 Å². The molecular weight excluding hydrogens is 454 g/mol. The number of hydrogen-bond donors (Lipinski definition) is 0. The minimum absolute atomic E-state index is 0.0158. The molecule has 3 aromatic rings. The Balaban J connectivity index is 1.52. The molecule has 4 rings (SSSR count). The van der Waals surface area contributed by atoms with Gasteiger partial charge in [-0.15, -0.1) is 11.8 Å². The number of para-hydroxylation sites is 1. The van der Waals surface area contributed by atoms with Gasteiger partial charge in [0.1, 0.15) is 11.1 Å². The van der Waals surface area contributed by atoms with E-state index in [2.05, 4.69) is 20.9 Å². The number of halogens is 1. The second-order valence-electron chi connectivity index (χ2n) is 6.71. The van der Waals surface area contributed by atoms with Crippen molar-refractivity contribution in [2.24, 2.45) is 0 Å². The van der Waals surface area contributed by atoms with Crippen LogP contribution in [0.3, 0.4) is 0 Å². The van der Waals surface area contributed by atoms with Crippen LogP contribution in [0.5, 0.6) is 5.75 Å². The molecule has 0 saturated carbocycles. The highest BCUT2D eigenvalue weighted by Crippen LogP contribution is 2.43. The van der Waals surface area contributed by atoms with Gasteiger partial charge in [0.05, 0.1) is 24.3 Å². The molecule has 29 heavy (non-hydrogen) atoms. The molecule has 1 amide bonds. The molecule has 0 radical (unpaired) electrons. The van der Waals surface area contributed by atoms with E-state index in [4.69, 9.17) is 4.74 Å². The Morgan fingerprint density at radius 1 is 1.31 bits per heavy atom. The number of aromatic nitrogens is 2. The molecule has 1 saturated heterocycles. The molecule has 0 aliphatic carbocycles. The molecule has 2 heterocycles. The zero-order valence-corrected chi connectivity index (χ0v) is 18.3. The van der Waals surface area contributed by atoms with Crippen molar-refractivity contribution in [3.05, 3.63) is 69.2 Å². The van der Waals surface area contributed by atoms with Crippen LogP contribution < -0.4 is 10.3 Å². The first-order valence-corrected chi connectivity index (χ1v) is 11.1. The highest BCUT2D eigenvalue weighted by Gasteiger charge is 2.32. The van der Waals surface area contributed by atoms with Gasteiger partial charge in [-0.3, -0.25) is 14.2 Å². The number of carbonyl (C=O) groups excluding carboxylic acids is 1. The number of thioether (sulfide) groups is 1. The fourth-order valence-electron chi connectivity index (χ4n) is 3.51. The van der Waals surface area contributed by atoms with Crippen LogP contribution in [0.25, 0.3) is 10.9 Å². The molecule has 1 fully saturated rings. The third-order valence-electron chi connectivity index (χ3n) is 4.97. The summed E-state index contributed by atoms with van der Waals surface area (Å²) in [6.07, 6.45) is 1.76. The highest BCUT2D eigenvalue weighted by atomic mass is 79.9. The van der Waals surface area contributed by atoms with E-state index in [9.17, 15) is 9.59 Å². The Labute approximate surface area is 181 Å². The number of amides is 1. The van der Waals surface area contributed by atoms with Gasteiger partial charge in [-0.2, -0.15) is 0 Å². The number of aryl methyl sites for hydroxylation is 1. The predicted octanol–water partition coefficient (Wildman–Crippen LogP) is 3.83. The maximum Gasteiger partial charge on any atom is 0.261 e. The molecule has 150 valence electrons. The number of ether oxygens (including phenoxy) is 1. The molecule has 0 spiro atoms. The van der Waals surface area contributed by atoms with E-state index >= 15 is 0 Å². The first-order valence-electron chi connectivity index (χ1n) is 9.27. The molecule has 1 aliphatic heterocycles. The number of methoxy groups -OCH3 is 1. The fraction of sp³-hybridized carbons (Fsp3) is 0.286. The maximum absolute atomic E-state index is 13.0. The SMILES string of the molecule is COc1ccc(Br)cc1C1SCCN1C(=O)CCn1cnc2ccccc2c1=O. The molecule has 8 heteroatoms. The molecule has 6 nitrogen and oxygen atoms in total. The molecular formula is C21H20BrN3O3S. The van der Waals surface area contributed by atoms with E-state index in [1.165, 1.54) is 10.9 Å². The van der Waals surface area contributed by atoms with Crippen molar-refractivity contribution in [3.63, 3.8) is 0 Å². The maximum atomic E-state index is 13.0. The summed E-state index contributed by atoms with van der Waals surface area (Å²) in [6.45, 7) is 0.980. The second kappa shape index (κ2) is 8.59. The summed E-state index contributed by atoms with van der Waals surface area (Å²) in [6, 6.07) is 13.1. The fourth-order valence-corrected chi connectivity index (χ4v) is 5.18. The lowest BCUT2D eigenvalue weighted by atomic mass is 10.1. The average molecular weight is 474 g/mol. The van der Waals surface area contributed by atoms with Crippen molar-refractivity contribution >= 4 is 44.5 Å². The van der Waals surface area contributed by atoms with Crippen molar-refractivity contribution in [2.75, 3.05) is 19.4 Å². The summed E-state index contributed by atoms with van der Waals surface area (Å²) < 4.78 is 7.96. The van der Waals surface area contributed by atoms with E-state index in [1.54, 1.807) is 24.9 Å². The van der Waals surface area contributed by atoms with Crippen LogP contribution in [0, 0.1) is 0 Å². The Bertz CT molecular complexity index is 1120. The molecule has 0 N–H and O–H groups in total. The first-order chi connectivity index (χ1) is 14.1.